The van der Waals surface area contributed by atoms with Crippen molar-refractivity contribution in [1.29, 1.82) is 0 Å². The molecule has 1 aliphatic rings. The van der Waals surface area contributed by atoms with Crippen molar-refractivity contribution < 1.29 is 19.1 Å². The van der Waals surface area contributed by atoms with Gasteiger partial charge >= 0.3 is 6.09 Å². The number of ether oxygens (including phenoxy) is 2. The quantitative estimate of drug-likeness (QED) is 0.816. The fourth-order valence-electron chi connectivity index (χ4n) is 3.05. The highest BCUT2D eigenvalue weighted by atomic mass is 35.5. The Morgan fingerprint density at radius 1 is 1.33 bits per heavy atom. The summed E-state index contributed by atoms with van der Waals surface area (Å²) < 4.78 is 11.0. The Balaban J connectivity index is 1.94. The van der Waals surface area contributed by atoms with E-state index < -0.39 is 17.8 Å². The van der Waals surface area contributed by atoms with Crippen molar-refractivity contribution in [1.82, 2.24) is 10.2 Å². The summed E-state index contributed by atoms with van der Waals surface area (Å²) in [6.07, 6.45) is 1.70. The lowest BCUT2D eigenvalue weighted by Crippen LogP contribution is -2.53. The lowest BCUT2D eigenvalue weighted by Gasteiger charge is -2.37. The SMILES string of the molecule is C[C@@H](Oc1cccc(Cl)c1)C(=O)N1CCCC[C@@H]1CNC(=O)OC(C)(C)C. The van der Waals surface area contributed by atoms with E-state index in [1.165, 1.54) is 0 Å². The smallest absolute Gasteiger partial charge is 0.407 e. The highest BCUT2D eigenvalue weighted by molar-refractivity contribution is 6.30. The van der Waals surface area contributed by atoms with Gasteiger partial charge in [0.25, 0.3) is 5.91 Å². The van der Waals surface area contributed by atoms with Crippen LogP contribution in [0.4, 0.5) is 4.79 Å². The first kappa shape index (κ1) is 21.4. The zero-order chi connectivity index (χ0) is 20.0. The van der Waals surface area contributed by atoms with Gasteiger partial charge in [0, 0.05) is 24.2 Å². The first-order valence-corrected chi connectivity index (χ1v) is 9.73. The maximum atomic E-state index is 12.9. The summed E-state index contributed by atoms with van der Waals surface area (Å²) in [5.74, 6) is 0.467. The molecule has 2 atom stereocenters. The lowest BCUT2D eigenvalue weighted by atomic mass is 10.0. The molecule has 7 heteroatoms. The molecule has 6 nitrogen and oxygen atoms in total. The van der Waals surface area contributed by atoms with Crippen LogP contribution < -0.4 is 10.1 Å². The Hall–Kier alpha value is -1.95. The molecule has 1 aromatic rings. The third-order valence-electron chi connectivity index (χ3n) is 4.25. The first-order chi connectivity index (χ1) is 12.7. The number of piperidine rings is 1. The monoisotopic (exact) mass is 396 g/mol. The molecule has 1 aromatic carbocycles. The molecule has 0 radical (unpaired) electrons. The minimum atomic E-state index is -0.634. The van der Waals surface area contributed by atoms with Crippen LogP contribution in [0.3, 0.4) is 0 Å². The van der Waals surface area contributed by atoms with Gasteiger partial charge in [0.15, 0.2) is 6.10 Å². The number of halogens is 1. The van der Waals surface area contributed by atoms with Crippen LogP contribution in [-0.2, 0) is 9.53 Å². The number of hydrogen-bond donors (Lipinski definition) is 1. The van der Waals surface area contributed by atoms with Gasteiger partial charge in [-0.15, -0.1) is 0 Å². The van der Waals surface area contributed by atoms with Gasteiger partial charge in [0.1, 0.15) is 11.4 Å². The normalized spacial score (nSPS) is 18.6. The molecule has 1 heterocycles. The summed E-state index contributed by atoms with van der Waals surface area (Å²) in [7, 11) is 0. The van der Waals surface area contributed by atoms with Crippen molar-refractivity contribution in [3.8, 4) is 5.75 Å². The largest absolute Gasteiger partial charge is 0.481 e. The molecule has 2 rings (SSSR count). The number of carbonyl (C=O) groups is 2. The third-order valence-corrected chi connectivity index (χ3v) is 4.48. The number of carbonyl (C=O) groups excluding carboxylic acids is 2. The van der Waals surface area contributed by atoms with Gasteiger partial charge in [-0.3, -0.25) is 4.79 Å². The van der Waals surface area contributed by atoms with E-state index in [4.69, 9.17) is 21.1 Å². The van der Waals surface area contributed by atoms with Gasteiger partial charge in [-0.2, -0.15) is 0 Å². The molecule has 1 saturated heterocycles. The van der Waals surface area contributed by atoms with Crippen LogP contribution >= 0.6 is 11.6 Å². The minimum absolute atomic E-state index is 0.0656. The highest BCUT2D eigenvalue weighted by Gasteiger charge is 2.31. The molecule has 1 N–H and O–H groups in total. The van der Waals surface area contributed by atoms with E-state index in [1.807, 2.05) is 20.8 Å². The molecule has 0 spiro atoms. The average Bonchev–Trinajstić information content (AvgIpc) is 2.58. The van der Waals surface area contributed by atoms with Crippen molar-refractivity contribution >= 4 is 23.6 Å². The van der Waals surface area contributed by atoms with Gasteiger partial charge in [-0.05, 0) is 65.2 Å². The van der Waals surface area contributed by atoms with E-state index in [9.17, 15) is 9.59 Å². The molecule has 150 valence electrons. The number of alkyl carbamates (subject to hydrolysis) is 1. The second kappa shape index (κ2) is 9.31. The van der Waals surface area contributed by atoms with Crippen LogP contribution in [-0.4, -0.2) is 47.7 Å². The number of hydrogen-bond acceptors (Lipinski definition) is 4. The maximum Gasteiger partial charge on any atom is 0.407 e. The van der Waals surface area contributed by atoms with E-state index in [1.54, 1.807) is 36.1 Å². The number of nitrogens with zero attached hydrogens (tertiary/aromatic N) is 1. The van der Waals surface area contributed by atoms with E-state index in [0.717, 1.165) is 19.3 Å². The zero-order valence-electron chi connectivity index (χ0n) is 16.5. The van der Waals surface area contributed by atoms with Crippen LogP contribution in [0, 0.1) is 0 Å². The minimum Gasteiger partial charge on any atom is -0.481 e. The molecule has 1 aliphatic heterocycles. The second-order valence-corrected chi connectivity index (χ2v) is 8.22. The maximum absolute atomic E-state index is 12.9. The van der Waals surface area contributed by atoms with Crippen molar-refractivity contribution in [3.63, 3.8) is 0 Å². The predicted molar refractivity (Wildman–Crippen MR) is 105 cm³/mol. The van der Waals surface area contributed by atoms with Gasteiger partial charge in [-0.25, -0.2) is 4.79 Å². The summed E-state index contributed by atoms with van der Waals surface area (Å²) in [5.41, 5.74) is -0.550. The van der Waals surface area contributed by atoms with E-state index in [2.05, 4.69) is 5.32 Å². The van der Waals surface area contributed by atoms with E-state index >= 15 is 0 Å². The van der Waals surface area contributed by atoms with Crippen molar-refractivity contribution in [2.24, 2.45) is 0 Å². The molecule has 0 aromatic heterocycles. The standard InChI is InChI=1S/C20H29ClN2O4/c1-14(26-17-10-7-8-15(21)12-17)18(24)23-11-6-5-9-16(23)13-22-19(25)27-20(2,3)4/h7-8,10,12,14,16H,5-6,9,11,13H2,1-4H3,(H,22,25)/t14-,16-/m1/s1. The molecule has 1 fully saturated rings. The number of benzene rings is 1. The van der Waals surface area contributed by atoms with Crippen LogP contribution in [0.2, 0.25) is 5.02 Å². The van der Waals surface area contributed by atoms with Crippen LogP contribution in [0.1, 0.15) is 47.0 Å². The Bertz CT molecular complexity index is 660. The zero-order valence-corrected chi connectivity index (χ0v) is 17.2. The first-order valence-electron chi connectivity index (χ1n) is 9.35. The Labute approximate surface area is 166 Å². The Morgan fingerprint density at radius 2 is 2.07 bits per heavy atom. The van der Waals surface area contributed by atoms with Crippen molar-refractivity contribution in [2.75, 3.05) is 13.1 Å². The Morgan fingerprint density at radius 3 is 2.74 bits per heavy atom. The average molecular weight is 397 g/mol. The second-order valence-electron chi connectivity index (χ2n) is 7.78. The molecule has 0 unspecified atom stereocenters. The summed E-state index contributed by atoms with van der Waals surface area (Å²) >= 11 is 5.97. The summed E-state index contributed by atoms with van der Waals surface area (Å²) in [6, 6.07) is 6.92. The number of rotatable bonds is 5. The topological polar surface area (TPSA) is 67.9 Å². The predicted octanol–water partition coefficient (Wildman–Crippen LogP) is 4.01. The van der Waals surface area contributed by atoms with Gasteiger partial charge in [-0.1, -0.05) is 17.7 Å². The van der Waals surface area contributed by atoms with E-state index in [0.29, 0.717) is 23.9 Å². The number of nitrogens with one attached hydrogen (secondary N) is 1. The van der Waals surface area contributed by atoms with Crippen molar-refractivity contribution in [2.45, 2.75) is 64.7 Å². The Kier molecular flexibility index (Phi) is 7.36. The molecule has 0 saturated carbocycles. The number of amides is 2. The summed E-state index contributed by atoms with van der Waals surface area (Å²) in [5, 5.41) is 3.34. The third kappa shape index (κ3) is 6.94. The molecule has 27 heavy (non-hydrogen) atoms. The molecule has 2 amide bonds. The van der Waals surface area contributed by atoms with Crippen LogP contribution in [0.15, 0.2) is 24.3 Å². The van der Waals surface area contributed by atoms with Crippen molar-refractivity contribution in [3.05, 3.63) is 29.3 Å². The fraction of sp³-hybridized carbons (Fsp3) is 0.600. The molecular weight excluding hydrogens is 368 g/mol. The van der Waals surface area contributed by atoms with E-state index in [-0.39, 0.29) is 11.9 Å². The van der Waals surface area contributed by atoms with Gasteiger partial charge in [0.2, 0.25) is 0 Å². The van der Waals surface area contributed by atoms with Gasteiger partial charge < -0.3 is 19.7 Å². The summed E-state index contributed by atoms with van der Waals surface area (Å²) in [6.45, 7) is 8.21. The molecule has 0 bridgehead atoms. The number of likely N-dealkylation sites (tertiary alicyclic amines) is 1. The molecular formula is C20H29ClN2O4. The fourth-order valence-corrected chi connectivity index (χ4v) is 3.23. The van der Waals surface area contributed by atoms with Crippen LogP contribution in [0.25, 0.3) is 0 Å². The highest BCUT2D eigenvalue weighted by Crippen LogP contribution is 2.22. The van der Waals surface area contributed by atoms with Gasteiger partial charge in [0.05, 0.1) is 0 Å². The molecule has 0 aliphatic carbocycles. The lowest BCUT2D eigenvalue weighted by molar-refractivity contribution is -0.141. The summed E-state index contributed by atoms with van der Waals surface area (Å²) in [4.78, 5) is 26.6. The van der Waals surface area contributed by atoms with Crippen LogP contribution in [0.5, 0.6) is 5.75 Å².